The summed E-state index contributed by atoms with van der Waals surface area (Å²) in [6, 6.07) is 1.78. The molecule has 19 heavy (non-hydrogen) atoms. The quantitative estimate of drug-likeness (QED) is 0.590. The van der Waals surface area contributed by atoms with Crippen LogP contribution in [-0.2, 0) is 4.74 Å². The second-order valence-corrected chi connectivity index (χ2v) is 4.76. The van der Waals surface area contributed by atoms with Crippen LogP contribution in [0.1, 0.15) is 35.0 Å². The smallest absolute Gasteiger partial charge is 0.262 e. The van der Waals surface area contributed by atoms with Crippen LogP contribution in [0.15, 0.2) is 11.4 Å². The molecular weight excluding hydrogens is 262 g/mol. The number of hydrogen-bond acceptors (Lipinski definition) is 4. The fraction of sp³-hybridized carbons (Fsp3) is 0.500. The Bertz CT molecular complexity index is 445. The number of nitrogens with one attached hydrogen (secondary N) is 1. The molecule has 0 fully saturated rings. The highest BCUT2D eigenvalue weighted by atomic mass is 32.1. The van der Waals surface area contributed by atoms with Gasteiger partial charge < -0.3 is 15.2 Å². The lowest BCUT2D eigenvalue weighted by Crippen LogP contribution is -2.27. The second-order valence-electron chi connectivity index (χ2n) is 3.85. The van der Waals surface area contributed by atoms with Crippen molar-refractivity contribution in [1.82, 2.24) is 5.32 Å². The van der Waals surface area contributed by atoms with E-state index in [1.165, 1.54) is 11.3 Å². The fourth-order valence-electron chi connectivity index (χ4n) is 1.38. The number of ether oxygens (including phenoxy) is 1. The van der Waals surface area contributed by atoms with Gasteiger partial charge in [-0.25, -0.2) is 0 Å². The van der Waals surface area contributed by atoms with Crippen LogP contribution >= 0.6 is 11.3 Å². The van der Waals surface area contributed by atoms with Crippen molar-refractivity contribution >= 4 is 17.2 Å². The number of aliphatic hydroxyl groups is 1. The summed E-state index contributed by atoms with van der Waals surface area (Å²) in [6.07, 6.45) is 2.15. The zero-order valence-corrected chi connectivity index (χ0v) is 11.9. The first-order valence-electron chi connectivity index (χ1n) is 6.32. The van der Waals surface area contributed by atoms with E-state index in [0.717, 1.165) is 19.4 Å². The molecule has 1 aromatic heterocycles. The molecule has 1 amide bonds. The summed E-state index contributed by atoms with van der Waals surface area (Å²) in [5, 5.41) is 13.3. The van der Waals surface area contributed by atoms with Gasteiger partial charge in [0.25, 0.3) is 5.91 Å². The minimum absolute atomic E-state index is 0.142. The molecule has 1 heterocycles. The van der Waals surface area contributed by atoms with Crippen LogP contribution in [0.2, 0.25) is 0 Å². The number of amides is 1. The predicted octanol–water partition coefficient (Wildman–Crippen LogP) is 1.64. The highest BCUT2D eigenvalue weighted by Gasteiger charge is 2.10. The SMILES string of the molecule is CCCCOCCNC(=O)c1sccc1C#CCO. The molecule has 0 aliphatic rings. The molecule has 0 unspecified atom stereocenters. The Balaban J connectivity index is 2.35. The van der Waals surface area contributed by atoms with Gasteiger partial charge in [0.2, 0.25) is 0 Å². The third kappa shape index (κ3) is 5.88. The summed E-state index contributed by atoms with van der Waals surface area (Å²) in [5.41, 5.74) is 0.656. The van der Waals surface area contributed by atoms with E-state index in [0.29, 0.717) is 23.6 Å². The molecule has 1 rings (SSSR count). The molecule has 2 N–H and O–H groups in total. The van der Waals surface area contributed by atoms with E-state index in [1.54, 1.807) is 6.07 Å². The lowest BCUT2D eigenvalue weighted by atomic mass is 10.2. The minimum atomic E-state index is -0.206. The Hall–Kier alpha value is -1.35. The molecule has 0 radical (unpaired) electrons. The van der Waals surface area contributed by atoms with Crippen LogP contribution in [0.25, 0.3) is 0 Å². The summed E-state index contributed by atoms with van der Waals surface area (Å²) >= 11 is 1.34. The number of rotatable bonds is 7. The van der Waals surface area contributed by atoms with E-state index in [9.17, 15) is 4.79 Å². The van der Waals surface area contributed by atoms with Crippen molar-refractivity contribution in [2.75, 3.05) is 26.4 Å². The number of carbonyl (C=O) groups excluding carboxylic acids is 1. The summed E-state index contributed by atoms with van der Waals surface area (Å²) in [7, 11) is 0. The van der Waals surface area contributed by atoms with Gasteiger partial charge >= 0.3 is 0 Å². The largest absolute Gasteiger partial charge is 0.384 e. The number of carbonyl (C=O) groups is 1. The first kappa shape index (κ1) is 15.7. The predicted molar refractivity (Wildman–Crippen MR) is 76.3 cm³/mol. The molecule has 0 aliphatic carbocycles. The number of aliphatic hydroxyl groups excluding tert-OH is 1. The zero-order valence-electron chi connectivity index (χ0n) is 11.1. The van der Waals surface area contributed by atoms with Gasteiger partial charge in [0.05, 0.1) is 6.61 Å². The number of unbranched alkanes of at least 4 members (excludes halogenated alkanes) is 1. The Labute approximate surface area is 117 Å². The average Bonchev–Trinajstić information content (AvgIpc) is 2.88. The number of hydrogen-bond donors (Lipinski definition) is 2. The molecule has 4 nitrogen and oxygen atoms in total. The molecule has 0 saturated carbocycles. The Morgan fingerprint density at radius 1 is 1.53 bits per heavy atom. The normalized spacial score (nSPS) is 9.79. The van der Waals surface area contributed by atoms with Crippen LogP contribution in [0.3, 0.4) is 0 Å². The molecule has 0 atom stereocenters. The Morgan fingerprint density at radius 3 is 3.11 bits per heavy atom. The molecular formula is C14H19NO3S. The van der Waals surface area contributed by atoms with Crippen LogP contribution in [-0.4, -0.2) is 37.4 Å². The van der Waals surface area contributed by atoms with Crippen LogP contribution in [0, 0.1) is 11.8 Å². The summed E-state index contributed by atoms with van der Waals surface area (Å²) in [4.78, 5) is 12.5. The topological polar surface area (TPSA) is 58.6 Å². The monoisotopic (exact) mass is 281 g/mol. The second kappa shape index (κ2) is 9.56. The minimum Gasteiger partial charge on any atom is -0.384 e. The Morgan fingerprint density at radius 2 is 2.37 bits per heavy atom. The van der Waals surface area contributed by atoms with E-state index in [4.69, 9.17) is 9.84 Å². The van der Waals surface area contributed by atoms with Gasteiger partial charge in [-0.05, 0) is 17.9 Å². The van der Waals surface area contributed by atoms with Gasteiger partial charge in [0, 0.05) is 18.7 Å². The molecule has 5 heteroatoms. The fourth-order valence-corrected chi connectivity index (χ4v) is 2.15. The lowest BCUT2D eigenvalue weighted by Gasteiger charge is -2.05. The van der Waals surface area contributed by atoms with Crippen molar-refractivity contribution in [1.29, 1.82) is 0 Å². The van der Waals surface area contributed by atoms with Crippen molar-refractivity contribution in [3.8, 4) is 11.8 Å². The van der Waals surface area contributed by atoms with Crippen molar-refractivity contribution < 1.29 is 14.6 Å². The maximum atomic E-state index is 11.9. The van der Waals surface area contributed by atoms with E-state index < -0.39 is 0 Å². The summed E-state index contributed by atoms with van der Waals surface area (Å²) < 4.78 is 5.36. The van der Waals surface area contributed by atoms with Crippen LogP contribution in [0.4, 0.5) is 0 Å². The van der Waals surface area contributed by atoms with Gasteiger partial charge in [0.15, 0.2) is 0 Å². The van der Waals surface area contributed by atoms with Crippen molar-refractivity contribution in [3.05, 3.63) is 21.9 Å². The molecule has 1 aromatic rings. The summed E-state index contributed by atoms with van der Waals surface area (Å²) in [5.74, 6) is 5.16. The van der Waals surface area contributed by atoms with Gasteiger partial charge in [-0.1, -0.05) is 25.2 Å². The first-order chi connectivity index (χ1) is 9.29. The molecule has 0 aliphatic heterocycles. The molecule has 0 saturated heterocycles. The van der Waals surface area contributed by atoms with Gasteiger partial charge in [-0.15, -0.1) is 11.3 Å². The maximum absolute atomic E-state index is 11.9. The standard InChI is InChI=1S/C14H19NO3S/c1-2-3-9-18-10-7-15-14(17)13-12(5-4-8-16)6-11-19-13/h6,11,16H,2-3,7-10H2,1H3,(H,15,17). The highest BCUT2D eigenvalue weighted by Crippen LogP contribution is 2.15. The molecule has 0 spiro atoms. The Kier molecular flexibility index (Phi) is 7.91. The zero-order chi connectivity index (χ0) is 13.9. The van der Waals surface area contributed by atoms with E-state index in [-0.39, 0.29) is 12.5 Å². The third-order valence-corrected chi connectivity index (χ3v) is 3.26. The van der Waals surface area contributed by atoms with Gasteiger partial charge in [-0.2, -0.15) is 0 Å². The van der Waals surface area contributed by atoms with Gasteiger partial charge in [-0.3, -0.25) is 4.79 Å². The summed E-state index contributed by atoms with van der Waals surface area (Å²) in [6.45, 7) is 3.65. The molecule has 0 bridgehead atoms. The van der Waals surface area contributed by atoms with Crippen molar-refractivity contribution in [2.24, 2.45) is 0 Å². The third-order valence-electron chi connectivity index (χ3n) is 2.35. The van der Waals surface area contributed by atoms with E-state index in [1.807, 2.05) is 5.38 Å². The maximum Gasteiger partial charge on any atom is 0.262 e. The van der Waals surface area contributed by atoms with Crippen LogP contribution < -0.4 is 5.32 Å². The van der Waals surface area contributed by atoms with Crippen LogP contribution in [0.5, 0.6) is 0 Å². The first-order valence-corrected chi connectivity index (χ1v) is 7.20. The van der Waals surface area contributed by atoms with Crippen molar-refractivity contribution in [3.63, 3.8) is 0 Å². The van der Waals surface area contributed by atoms with Gasteiger partial charge in [0.1, 0.15) is 11.5 Å². The lowest BCUT2D eigenvalue weighted by molar-refractivity contribution is 0.0916. The number of thiophene rings is 1. The molecule has 104 valence electrons. The highest BCUT2D eigenvalue weighted by molar-refractivity contribution is 7.12. The van der Waals surface area contributed by atoms with E-state index in [2.05, 4.69) is 24.1 Å². The van der Waals surface area contributed by atoms with Crippen molar-refractivity contribution in [2.45, 2.75) is 19.8 Å². The molecule has 0 aromatic carbocycles. The van der Waals surface area contributed by atoms with E-state index >= 15 is 0 Å². The average molecular weight is 281 g/mol.